The first-order chi connectivity index (χ1) is 7.27. The fourth-order valence-electron chi connectivity index (χ4n) is 2.14. The zero-order valence-corrected chi connectivity index (χ0v) is 7.97. The number of para-hydroxylation sites is 1. The van der Waals surface area contributed by atoms with Gasteiger partial charge in [0.05, 0.1) is 5.56 Å². The Balaban J connectivity index is 2.23. The average molecular weight is 199 g/mol. The van der Waals surface area contributed by atoms with Crippen LogP contribution in [0.3, 0.4) is 0 Å². The summed E-state index contributed by atoms with van der Waals surface area (Å²) in [6.45, 7) is 0. The van der Waals surface area contributed by atoms with Crippen molar-refractivity contribution in [2.24, 2.45) is 0 Å². The van der Waals surface area contributed by atoms with E-state index in [0.717, 1.165) is 11.4 Å². The Hall–Kier alpha value is -2.03. The Labute approximate surface area is 86.6 Å². The quantitative estimate of drug-likeness (QED) is 0.652. The first kappa shape index (κ1) is 8.29. The molecule has 2 aromatic rings. The summed E-state index contributed by atoms with van der Waals surface area (Å²) in [4.78, 5) is 11.0. The van der Waals surface area contributed by atoms with Gasteiger partial charge in [0.2, 0.25) is 0 Å². The molecule has 0 fully saturated rings. The molecule has 1 aliphatic heterocycles. The summed E-state index contributed by atoms with van der Waals surface area (Å²) in [5.41, 5.74) is 3.57. The molecule has 0 aliphatic carbocycles. The summed E-state index contributed by atoms with van der Waals surface area (Å²) in [6, 6.07) is 9.65. The Morgan fingerprint density at radius 1 is 1.27 bits per heavy atom. The summed E-state index contributed by atoms with van der Waals surface area (Å²) in [5, 5.41) is 9.00. The molecule has 15 heavy (non-hydrogen) atoms. The van der Waals surface area contributed by atoms with Crippen LogP contribution < -0.4 is 0 Å². The Morgan fingerprint density at radius 2 is 2.07 bits per heavy atom. The molecule has 2 heterocycles. The fourth-order valence-corrected chi connectivity index (χ4v) is 2.14. The van der Waals surface area contributed by atoms with Gasteiger partial charge in [-0.1, -0.05) is 18.2 Å². The van der Waals surface area contributed by atoms with E-state index in [1.165, 1.54) is 5.56 Å². The maximum atomic E-state index is 11.0. The second kappa shape index (κ2) is 2.73. The molecule has 0 amide bonds. The van der Waals surface area contributed by atoms with Gasteiger partial charge in [-0.3, -0.25) is 0 Å². The van der Waals surface area contributed by atoms with Gasteiger partial charge in [0, 0.05) is 24.0 Å². The Morgan fingerprint density at radius 3 is 2.87 bits per heavy atom. The Bertz CT molecular complexity index is 554. The van der Waals surface area contributed by atoms with E-state index in [1.807, 2.05) is 35.0 Å². The Kier molecular flexibility index (Phi) is 1.51. The molecule has 0 saturated carbocycles. The van der Waals surface area contributed by atoms with Gasteiger partial charge in [-0.05, 0) is 17.7 Å². The van der Waals surface area contributed by atoms with E-state index in [2.05, 4.69) is 0 Å². The summed E-state index contributed by atoms with van der Waals surface area (Å²) < 4.78 is 1.96. The summed E-state index contributed by atoms with van der Waals surface area (Å²) in [5.74, 6) is -0.850. The average Bonchev–Trinajstić information content (AvgIpc) is 2.74. The van der Waals surface area contributed by atoms with E-state index in [-0.39, 0.29) is 0 Å². The standard InChI is InChI=1S/C12H9NO2/c14-12(15)9-5-6-13-10-4-2-1-3-8(10)7-11(9)13/h1-6H,7H2,(H,14,15). The minimum absolute atomic E-state index is 0.409. The van der Waals surface area contributed by atoms with Gasteiger partial charge in [0.1, 0.15) is 0 Å². The zero-order chi connectivity index (χ0) is 10.4. The van der Waals surface area contributed by atoms with E-state index in [1.54, 1.807) is 6.07 Å². The predicted octanol–water partition coefficient (Wildman–Crippen LogP) is 2.08. The zero-order valence-electron chi connectivity index (χ0n) is 7.97. The normalized spacial score (nSPS) is 12.3. The topological polar surface area (TPSA) is 42.2 Å². The molecule has 1 aliphatic rings. The molecule has 0 atom stereocenters. The lowest BCUT2D eigenvalue weighted by molar-refractivity contribution is 0.0696. The number of carboxylic acid groups (broad SMARTS) is 1. The van der Waals surface area contributed by atoms with E-state index in [0.29, 0.717) is 12.0 Å². The van der Waals surface area contributed by atoms with Crippen molar-refractivity contribution >= 4 is 5.97 Å². The van der Waals surface area contributed by atoms with E-state index >= 15 is 0 Å². The number of hydrogen-bond acceptors (Lipinski definition) is 1. The number of carboxylic acids is 1. The maximum Gasteiger partial charge on any atom is 0.337 e. The van der Waals surface area contributed by atoms with Crippen LogP contribution in [-0.4, -0.2) is 15.6 Å². The smallest absolute Gasteiger partial charge is 0.337 e. The summed E-state index contributed by atoms with van der Waals surface area (Å²) in [6.07, 6.45) is 2.54. The second-order valence-corrected chi connectivity index (χ2v) is 3.66. The van der Waals surface area contributed by atoms with Crippen molar-refractivity contribution < 1.29 is 9.90 Å². The van der Waals surface area contributed by atoms with Crippen molar-refractivity contribution in [3.63, 3.8) is 0 Å². The molecule has 0 unspecified atom stereocenters. The van der Waals surface area contributed by atoms with Crippen molar-refractivity contribution in [1.82, 2.24) is 4.57 Å². The molecule has 0 bridgehead atoms. The van der Waals surface area contributed by atoms with Gasteiger partial charge in [-0.15, -0.1) is 0 Å². The minimum atomic E-state index is -0.850. The molecule has 0 radical (unpaired) electrons. The van der Waals surface area contributed by atoms with Crippen LogP contribution in [-0.2, 0) is 6.42 Å². The van der Waals surface area contributed by atoms with Gasteiger partial charge >= 0.3 is 5.97 Å². The number of aromatic carboxylic acids is 1. The lowest BCUT2D eigenvalue weighted by atomic mass is 10.1. The van der Waals surface area contributed by atoms with Crippen molar-refractivity contribution in [3.8, 4) is 5.69 Å². The van der Waals surface area contributed by atoms with E-state index in [4.69, 9.17) is 5.11 Å². The molecular formula is C12H9NO2. The highest BCUT2D eigenvalue weighted by Gasteiger charge is 2.23. The summed E-state index contributed by atoms with van der Waals surface area (Å²) in [7, 11) is 0. The molecule has 3 nitrogen and oxygen atoms in total. The molecule has 3 rings (SSSR count). The predicted molar refractivity (Wildman–Crippen MR) is 55.5 cm³/mol. The highest BCUT2D eigenvalue weighted by Crippen LogP contribution is 2.30. The van der Waals surface area contributed by atoms with Gasteiger partial charge in [0.25, 0.3) is 0 Å². The van der Waals surface area contributed by atoms with Crippen LogP contribution >= 0.6 is 0 Å². The van der Waals surface area contributed by atoms with E-state index < -0.39 is 5.97 Å². The first-order valence-electron chi connectivity index (χ1n) is 4.79. The molecule has 0 saturated heterocycles. The fraction of sp³-hybridized carbons (Fsp3) is 0.0833. The SMILES string of the molecule is O=C(O)c1ccn2c1Cc1ccccc1-2. The molecular weight excluding hydrogens is 190 g/mol. The molecule has 0 spiro atoms. The highest BCUT2D eigenvalue weighted by molar-refractivity contribution is 5.90. The van der Waals surface area contributed by atoms with Crippen molar-refractivity contribution in [2.45, 2.75) is 6.42 Å². The molecule has 74 valence electrons. The van der Waals surface area contributed by atoms with E-state index in [9.17, 15) is 4.79 Å². The van der Waals surface area contributed by atoms with Gasteiger partial charge in [-0.2, -0.15) is 0 Å². The number of fused-ring (bicyclic) bond motifs is 3. The maximum absolute atomic E-state index is 11.0. The number of carbonyl (C=O) groups is 1. The van der Waals surface area contributed by atoms with Crippen LogP contribution in [0.2, 0.25) is 0 Å². The molecule has 1 N–H and O–H groups in total. The number of benzene rings is 1. The lowest BCUT2D eigenvalue weighted by Crippen LogP contribution is -1.99. The first-order valence-corrected chi connectivity index (χ1v) is 4.79. The van der Waals surface area contributed by atoms with Crippen LogP contribution in [0.25, 0.3) is 5.69 Å². The van der Waals surface area contributed by atoms with Crippen LogP contribution in [0.4, 0.5) is 0 Å². The highest BCUT2D eigenvalue weighted by atomic mass is 16.4. The lowest BCUT2D eigenvalue weighted by Gasteiger charge is -1.99. The van der Waals surface area contributed by atoms with Crippen LogP contribution in [0.15, 0.2) is 36.5 Å². The number of hydrogen-bond donors (Lipinski definition) is 1. The van der Waals surface area contributed by atoms with Crippen LogP contribution in [0.1, 0.15) is 21.6 Å². The number of aromatic nitrogens is 1. The van der Waals surface area contributed by atoms with Crippen molar-refractivity contribution in [2.75, 3.05) is 0 Å². The largest absolute Gasteiger partial charge is 0.478 e. The van der Waals surface area contributed by atoms with Gasteiger partial charge in [0.15, 0.2) is 0 Å². The third kappa shape index (κ3) is 1.03. The van der Waals surface area contributed by atoms with Crippen molar-refractivity contribution in [1.29, 1.82) is 0 Å². The minimum Gasteiger partial charge on any atom is -0.478 e. The van der Waals surface area contributed by atoms with Gasteiger partial charge in [-0.25, -0.2) is 4.79 Å². The monoisotopic (exact) mass is 199 g/mol. The number of rotatable bonds is 1. The second-order valence-electron chi connectivity index (χ2n) is 3.66. The molecule has 1 aromatic carbocycles. The molecule has 3 heteroatoms. The van der Waals surface area contributed by atoms with Crippen molar-refractivity contribution in [3.05, 3.63) is 53.3 Å². The summed E-state index contributed by atoms with van der Waals surface area (Å²) >= 11 is 0. The van der Waals surface area contributed by atoms with Gasteiger partial charge < -0.3 is 9.67 Å². The number of nitrogens with zero attached hydrogens (tertiary/aromatic N) is 1. The van der Waals surface area contributed by atoms with Crippen LogP contribution in [0.5, 0.6) is 0 Å². The third-order valence-electron chi connectivity index (χ3n) is 2.83. The molecule has 1 aromatic heterocycles. The third-order valence-corrected chi connectivity index (χ3v) is 2.83. The van der Waals surface area contributed by atoms with Crippen LogP contribution in [0, 0.1) is 0 Å².